The fourth-order valence-electron chi connectivity index (χ4n) is 13.2. The number of hydrogen-bond acceptors (Lipinski definition) is 29. The van der Waals surface area contributed by atoms with Gasteiger partial charge >= 0.3 is 18.0 Å². The molecule has 0 saturated carbocycles. The van der Waals surface area contributed by atoms with E-state index in [9.17, 15) is 135 Å². The molecule has 43 nitrogen and oxygen atoms in total. The summed E-state index contributed by atoms with van der Waals surface area (Å²) < 4.78 is 11.0. The van der Waals surface area contributed by atoms with Crippen molar-refractivity contribution in [2.75, 3.05) is 57.7 Å². The summed E-state index contributed by atoms with van der Waals surface area (Å²) in [6.07, 6.45) is -2.26. The number of nitrogens with one attached hydrogen (secondary N) is 11. The second kappa shape index (κ2) is 60.2. The van der Waals surface area contributed by atoms with E-state index in [0.717, 1.165) is 29.2 Å². The van der Waals surface area contributed by atoms with Crippen molar-refractivity contribution in [3.05, 3.63) is 48.1 Å². The van der Waals surface area contributed by atoms with Crippen LogP contribution in [0.3, 0.4) is 0 Å². The molecule has 0 aromatic heterocycles. The van der Waals surface area contributed by atoms with Gasteiger partial charge < -0.3 is 78.2 Å². The molecule has 2 heterocycles. The number of carboxylic acids is 1. The number of amides is 15. The summed E-state index contributed by atoms with van der Waals surface area (Å²) in [6, 6.07) is -1.62. The predicted octanol–water partition coefficient (Wildman–Crippen LogP) is 2.70. The topological polar surface area (TPSA) is 642 Å². The number of nitrogens with zero attached hydrogens (tertiary/aromatic N) is 2. The second-order valence-corrected chi connectivity index (χ2v) is 36.0. The molecular weight excluding hydrogens is 1780 g/mol. The molecule has 0 unspecified atom stereocenters. The first-order valence-corrected chi connectivity index (χ1v) is 45.6. The van der Waals surface area contributed by atoms with Gasteiger partial charge in [-0.15, -0.1) is 0 Å². The molecule has 2 aliphatic heterocycles. The third-order valence-electron chi connectivity index (χ3n) is 20.6. The third kappa shape index (κ3) is 50.7. The number of unbranched alkanes of at least 4 members (excludes halogenated alkanes) is 1. The minimum Gasteiger partial charge on any atom is -0.506 e. The summed E-state index contributed by atoms with van der Waals surface area (Å²) in [4.78, 5) is 333. The van der Waals surface area contributed by atoms with Crippen LogP contribution in [0.15, 0.2) is 42.5 Å². The number of anilines is 1. The molecule has 0 fully saturated rings. The maximum Gasteiger partial charge on any atom is 0.407 e. The largest absolute Gasteiger partial charge is 0.506 e. The third-order valence-corrected chi connectivity index (χ3v) is 20.6. The zero-order valence-electron chi connectivity index (χ0n) is 79.2. The highest BCUT2D eigenvalue weighted by Crippen LogP contribution is 2.28. The van der Waals surface area contributed by atoms with E-state index in [4.69, 9.17) is 9.47 Å². The summed E-state index contributed by atoms with van der Waals surface area (Å²) in [6.45, 7) is 14.7. The van der Waals surface area contributed by atoms with Gasteiger partial charge in [-0.05, 0) is 111 Å². The van der Waals surface area contributed by atoms with Gasteiger partial charge in [0, 0.05) is 236 Å². The van der Waals surface area contributed by atoms with Gasteiger partial charge in [0.15, 0.2) is 5.78 Å². The Morgan fingerprint density at radius 2 is 0.743 bits per heavy atom. The number of phenols is 1. The van der Waals surface area contributed by atoms with Crippen molar-refractivity contribution in [3.63, 3.8) is 0 Å². The number of benzene rings is 1. The molecule has 0 radical (unpaired) electrons. The first kappa shape index (κ1) is 117. The number of rotatable bonds is 68. The maximum atomic E-state index is 14.2. The summed E-state index contributed by atoms with van der Waals surface area (Å²) in [5.41, 5.74) is -1.98. The summed E-state index contributed by atoms with van der Waals surface area (Å²) in [7, 11) is 0. The monoisotopic (exact) mass is 1910 g/mol. The molecule has 13 N–H and O–H groups in total. The number of alkyl carbamates (subject to hydrolysis) is 1. The Labute approximate surface area is 788 Å². The van der Waals surface area contributed by atoms with Gasteiger partial charge in [-0.1, -0.05) is 33.8 Å². The van der Waals surface area contributed by atoms with Crippen LogP contribution in [0, 0.1) is 11.3 Å². The first-order chi connectivity index (χ1) is 63.8. The molecule has 1 aromatic carbocycles. The SMILES string of the molecule is C[C@@H](C[C@H](Cc1ccc(O)c(NC(=O)CCCNC(=O)[C@H](CCCCNC(=O)CCC(=O)CCC(=O)CCC(=O)CCC(=O)NCCC(=O)CCC(=O)CCC(=O)NCCC(=O)CCC(=O)CCC(=O)C(=O)C(C)(C)C)NC(=O)CCCNC(=O)[C@@H](NC(=O)CCN2C(=O)C=CC2=O)[C@@H](NC(=O)CCN2C(=O)C=CC2=O)C(=O)NCCCC(=O)O)c1)NC(=O)OC(C)(C)C)C(=O)OC(C)(C)C. The Kier molecular flexibility index (Phi) is 51.7. The van der Waals surface area contributed by atoms with Gasteiger partial charge in [-0.25, -0.2) is 4.79 Å². The van der Waals surface area contributed by atoms with Gasteiger partial charge in [-0.2, -0.15) is 0 Å². The normalized spacial score (nSPS) is 13.4. The van der Waals surface area contributed by atoms with E-state index in [1.807, 2.05) is 0 Å². The van der Waals surface area contributed by atoms with Gasteiger partial charge in [0.1, 0.15) is 75.6 Å². The number of phenolic OH excluding ortho intramolecular Hbond substituents is 1. The Balaban J connectivity index is 1.59. The zero-order valence-corrected chi connectivity index (χ0v) is 79.2. The Morgan fingerprint density at radius 1 is 0.375 bits per heavy atom. The molecule has 15 amide bonds. The smallest absolute Gasteiger partial charge is 0.407 e. The molecule has 136 heavy (non-hydrogen) atoms. The molecule has 0 spiro atoms. The number of ketones is 9. The van der Waals surface area contributed by atoms with E-state index >= 15 is 0 Å². The highest BCUT2D eigenvalue weighted by Gasteiger charge is 2.39. The average Bonchev–Trinajstić information content (AvgIpc) is 0.963. The summed E-state index contributed by atoms with van der Waals surface area (Å²) in [5.74, 6) is -17.5. The lowest BCUT2D eigenvalue weighted by atomic mass is 9.87. The van der Waals surface area contributed by atoms with E-state index in [-0.39, 0.29) is 247 Å². The van der Waals surface area contributed by atoms with Gasteiger partial charge in [0.25, 0.3) is 23.6 Å². The molecule has 1 aromatic rings. The van der Waals surface area contributed by atoms with Crippen LogP contribution in [0.25, 0.3) is 0 Å². The quantitative estimate of drug-likeness (QED) is 0.0147. The number of carbonyl (C=O) groups excluding carboxylic acids is 25. The molecule has 2 aliphatic rings. The number of carbonyl (C=O) groups is 26. The van der Waals surface area contributed by atoms with E-state index < -0.39 is 215 Å². The molecule has 0 saturated heterocycles. The predicted molar refractivity (Wildman–Crippen MR) is 485 cm³/mol. The lowest BCUT2D eigenvalue weighted by Gasteiger charge is -2.28. The molecule has 5 atom stereocenters. The maximum absolute atomic E-state index is 14.2. The fourth-order valence-corrected chi connectivity index (χ4v) is 13.2. The number of ether oxygens (including phenoxy) is 2. The molecular formula is C93H133N13O30. The second-order valence-electron chi connectivity index (χ2n) is 36.0. The molecule has 43 heteroatoms. The van der Waals surface area contributed by atoms with Gasteiger partial charge in [0.2, 0.25) is 64.9 Å². The highest BCUT2D eigenvalue weighted by atomic mass is 16.6. The van der Waals surface area contributed by atoms with Crippen LogP contribution in [0.4, 0.5) is 10.5 Å². The Bertz CT molecular complexity index is 4550. The van der Waals surface area contributed by atoms with Crippen molar-refractivity contribution in [3.8, 4) is 5.75 Å². The van der Waals surface area contributed by atoms with Crippen LogP contribution in [0.2, 0.25) is 0 Å². The lowest BCUT2D eigenvalue weighted by molar-refractivity contribution is -0.160. The van der Waals surface area contributed by atoms with Crippen LogP contribution >= 0.6 is 0 Å². The Morgan fingerprint density at radius 3 is 1.15 bits per heavy atom. The van der Waals surface area contributed by atoms with Crippen LogP contribution in [0.5, 0.6) is 5.75 Å². The van der Waals surface area contributed by atoms with Crippen LogP contribution in [-0.4, -0.2) is 261 Å². The van der Waals surface area contributed by atoms with Crippen molar-refractivity contribution < 1.29 is 144 Å². The number of hydrogen-bond donors (Lipinski definition) is 13. The molecule has 750 valence electrons. The number of Topliss-reactive ketones (excluding diaryl/α,β-unsaturated/α-hetero) is 9. The molecule has 0 aliphatic carbocycles. The van der Waals surface area contributed by atoms with Crippen LogP contribution in [-0.2, 0) is 136 Å². The van der Waals surface area contributed by atoms with Crippen molar-refractivity contribution in [2.24, 2.45) is 11.3 Å². The highest BCUT2D eigenvalue weighted by molar-refractivity contribution is 6.39. The van der Waals surface area contributed by atoms with E-state index in [1.54, 1.807) is 75.3 Å². The van der Waals surface area contributed by atoms with E-state index in [0.29, 0.717) is 10.5 Å². The van der Waals surface area contributed by atoms with Crippen LogP contribution < -0.4 is 58.5 Å². The standard InChI is InChI=1S/C93H133N13O30/c1-57(89(133)135-92(5,6)7)54-59(100-90(134)136-93(8,9)10)55-58-20-33-69(114)68(56-58)102-75(120)18-13-47-97-86(130)67(101-74(119)17-14-48-98-87(131)83(103-76(121)44-52-105-78(123)38-39-79(105)124)84(88(132)99-49-15-19-82(127)128)104-77(122)45-53-106-80(125)40-41-81(106)126)16-11-12-46-94-71(116)35-30-62(109)23-21-60(107)22-24-63(110)31-36-72(117)96-51-43-66(113)28-26-64(111)32-37-73(118)95-50-42-65(112)27-25-61(108)29-34-70(115)85(129)91(2,3)4/h20,33,38-41,56-57,59,67,83-84,114H,11-19,21-32,34-37,42-55H2,1-10H3,(H,94,116)(H,95,118)(H,96,117)(H,97,130)(H,98,131)(H,99,132)(H,100,134)(H,101,119)(H,102,120)(H,103,121)(H,104,122)(H,127,128)/t57-,59+,67-,83-,84+/m0/s1. The number of esters is 1. The van der Waals surface area contributed by atoms with E-state index in [2.05, 4.69) is 58.5 Å². The van der Waals surface area contributed by atoms with Gasteiger partial charge in [0.05, 0.1) is 11.6 Å². The lowest BCUT2D eigenvalue weighted by Crippen LogP contribution is -2.64. The van der Waals surface area contributed by atoms with Crippen molar-refractivity contribution in [1.82, 2.24) is 63.0 Å². The first-order valence-electron chi connectivity index (χ1n) is 45.6. The Hall–Kier alpha value is -13.3. The number of aliphatic carboxylic acids is 1. The van der Waals surface area contributed by atoms with Crippen molar-refractivity contribution in [2.45, 2.75) is 304 Å². The summed E-state index contributed by atoms with van der Waals surface area (Å²) in [5, 5.41) is 48.1. The molecule has 3 rings (SSSR count). The summed E-state index contributed by atoms with van der Waals surface area (Å²) >= 11 is 0. The number of carboxylic acid groups (broad SMARTS) is 1. The molecule has 0 bridgehead atoms. The average molecular weight is 1910 g/mol. The van der Waals surface area contributed by atoms with Gasteiger partial charge in [-0.3, -0.25) is 130 Å². The minimum absolute atomic E-state index is 0.00105. The fraction of sp³-hybridized carbons (Fsp3) is 0.613. The van der Waals surface area contributed by atoms with E-state index in [1.165, 1.54) is 12.1 Å². The van der Waals surface area contributed by atoms with Crippen LogP contribution in [0.1, 0.15) is 267 Å². The van der Waals surface area contributed by atoms with Crippen molar-refractivity contribution >= 4 is 158 Å². The van der Waals surface area contributed by atoms with Crippen molar-refractivity contribution in [1.29, 1.82) is 0 Å². The zero-order chi connectivity index (χ0) is 102. The number of imide groups is 2. The minimum atomic E-state index is -2.02. The number of aromatic hydroxyl groups is 1.